The summed E-state index contributed by atoms with van der Waals surface area (Å²) < 4.78 is 16.1. The van der Waals surface area contributed by atoms with Crippen molar-refractivity contribution in [1.82, 2.24) is 0 Å². The normalized spacial score (nSPS) is 10.2. The van der Waals surface area contributed by atoms with Crippen LogP contribution >= 0.6 is 37.9 Å². The molecule has 46 heavy (non-hydrogen) atoms. The van der Waals surface area contributed by atoms with E-state index in [9.17, 15) is 14.4 Å². The molecule has 0 saturated carbocycles. The monoisotopic (exact) mass is 809 g/mol. The standard InChI is InChI=1S/3C10H20O2S.C6H5.Sn/c3*1-9(2)6-4-3-5-7-12-10(11)8-13;1-2-4-6-5-3-1;/h3*9,13H,3-8H2,1-2H3;1-5H;. The van der Waals surface area contributed by atoms with Gasteiger partial charge in [-0.1, -0.05) is 99.3 Å². The predicted octanol–water partition coefficient (Wildman–Crippen LogP) is 8.51. The number of carbonyl (C=O) groups excluding carboxylic acids is 3. The van der Waals surface area contributed by atoms with Crippen LogP contribution in [0, 0.1) is 17.8 Å². The van der Waals surface area contributed by atoms with Gasteiger partial charge in [0.05, 0.1) is 37.1 Å². The zero-order valence-corrected chi connectivity index (χ0v) is 35.2. The van der Waals surface area contributed by atoms with Crippen molar-refractivity contribution in [2.75, 3.05) is 37.1 Å². The van der Waals surface area contributed by atoms with Crippen molar-refractivity contribution >= 4 is 81.9 Å². The number of hydrogen-bond donors (Lipinski definition) is 3. The Balaban J connectivity index is -0.000000546. The van der Waals surface area contributed by atoms with E-state index in [-0.39, 0.29) is 35.2 Å². The van der Waals surface area contributed by atoms with Crippen LogP contribution in [0.25, 0.3) is 0 Å². The molecule has 1 aromatic carbocycles. The maximum atomic E-state index is 10.7. The molecule has 0 aliphatic carbocycles. The fraction of sp³-hybridized carbons (Fsp3) is 0.750. The molecule has 0 fully saturated rings. The van der Waals surface area contributed by atoms with Crippen molar-refractivity contribution in [1.29, 1.82) is 0 Å². The second kappa shape index (κ2) is 38.9. The van der Waals surface area contributed by atoms with Gasteiger partial charge in [-0.05, 0) is 37.0 Å². The molecular formula is C36H65O6S3Sn. The molecule has 0 aromatic heterocycles. The molecule has 0 atom stereocenters. The molecule has 1 rings (SSSR count). The fourth-order valence-electron chi connectivity index (χ4n) is 3.63. The van der Waals surface area contributed by atoms with Crippen molar-refractivity contribution in [2.24, 2.45) is 17.8 Å². The van der Waals surface area contributed by atoms with Gasteiger partial charge < -0.3 is 14.2 Å². The van der Waals surface area contributed by atoms with E-state index in [4.69, 9.17) is 14.2 Å². The molecule has 0 N–H and O–H groups in total. The first kappa shape index (κ1) is 49.9. The van der Waals surface area contributed by atoms with Crippen LogP contribution in [0.1, 0.15) is 119 Å². The zero-order valence-electron chi connectivity index (χ0n) is 29.6. The quantitative estimate of drug-likeness (QED) is 0.0381. The summed E-state index contributed by atoms with van der Waals surface area (Å²) in [5.41, 5.74) is 0. The third kappa shape index (κ3) is 47.9. The van der Waals surface area contributed by atoms with E-state index in [0.717, 1.165) is 56.3 Å². The predicted molar refractivity (Wildman–Crippen MR) is 206 cm³/mol. The van der Waals surface area contributed by atoms with Crippen LogP contribution in [-0.2, 0) is 28.6 Å². The third-order valence-corrected chi connectivity index (χ3v) is 7.95. The molecule has 10 heteroatoms. The van der Waals surface area contributed by atoms with E-state index in [1.54, 1.807) is 0 Å². The van der Waals surface area contributed by atoms with Gasteiger partial charge in [-0.15, -0.1) is 0 Å². The second-order valence-electron chi connectivity index (χ2n) is 12.2. The molecule has 0 spiro atoms. The van der Waals surface area contributed by atoms with Crippen molar-refractivity contribution in [3.63, 3.8) is 0 Å². The fourth-order valence-corrected chi connectivity index (χ4v) is 4.45. The SMILES string of the molecule is CC(C)CCCCCOC(=O)CS.CC(C)CCCCCOC(=O)CS.CC(C)CCCCCOC(=O)CS.[Sn][c]1ccccc1. The molecule has 0 bridgehead atoms. The molecule has 0 saturated heterocycles. The Hall–Kier alpha value is -0.521. The number of ether oxygens (including phenoxy) is 3. The van der Waals surface area contributed by atoms with Crippen LogP contribution in [0.5, 0.6) is 0 Å². The topological polar surface area (TPSA) is 78.9 Å². The number of unbranched alkanes of at least 4 members (excludes halogenated alkanes) is 6. The van der Waals surface area contributed by atoms with Crippen LogP contribution in [0.3, 0.4) is 0 Å². The average Bonchev–Trinajstić information content (AvgIpc) is 3.02. The van der Waals surface area contributed by atoms with Crippen LogP contribution in [-0.4, -0.2) is 77.5 Å². The summed E-state index contributed by atoms with van der Waals surface area (Å²) in [7, 11) is 0. The molecule has 6 nitrogen and oxygen atoms in total. The molecule has 0 amide bonds. The summed E-state index contributed by atoms with van der Waals surface area (Å²) in [4.78, 5) is 32.0. The Kier molecular flexibility index (Phi) is 42.2. The minimum absolute atomic E-state index is 0.187. The summed E-state index contributed by atoms with van der Waals surface area (Å²) in [6, 6.07) is 10.4. The van der Waals surface area contributed by atoms with Crippen LogP contribution < -0.4 is 3.58 Å². The number of rotatable bonds is 21. The van der Waals surface area contributed by atoms with Gasteiger partial charge >= 0.3 is 74.3 Å². The van der Waals surface area contributed by atoms with Gasteiger partial charge in [0.15, 0.2) is 0 Å². The van der Waals surface area contributed by atoms with Gasteiger partial charge in [-0.2, -0.15) is 37.9 Å². The number of thiol groups is 3. The van der Waals surface area contributed by atoms with Crippen LogP contribution in [0.2, 0.25) is 0 Å². The second-order valence-corrected chi connectivity index (χ2v) is 14.8. The Bertz CT molecular complexity index is 734. The first-order chi connectivity index (χ1) is 21.9. The van der Waals surface area contributed by atoms with Gasteiger partial charge in [0.2, 0.25) is 0 Å². The number of hydrogen-bond acceptors (Lipinski definition) is 9. The average molecular weight is 809 g/mol. The summed E-state index contributed by atoms with van der Waals surface area (Å²) in [6.45, 7) is 15.0. The Labute approximate surface area is 312 Å². The maximum absolute atomic E-state index is 10.7. The summed E-state index contributed by atoms with van der Waals surface area (Å²) in [6.07, 6.45) is 13.9. The number of benzene rings is 1. The van der Waals surface area contributed by atoms with Crippen LogP contribution in [0.4, 0.5) is 0 Å². The van der Waals surface area contributed by atoms with Crippen molar-refractivity contribution < 1.29 is 28.6 Å². The van der Waals surface area contributed by atoms with E-state index < -0.39 is 0 Å². The van der Waals surface area contributed by atoms with Gasteiger partial charge in [0.25, 0.3) is 0 Å². The van der Waals surface area contributed by atoms with Gasteiger partial charge in [-0.3, -0.25) is 14.4 Å². The molecule has 1 aromatic rings. The van der Waals surface area contributed by atoms with Gasteiger partial charge in [0.1, 0.15) is 0 Å². The van der Waals surface area contributed by atoms with E-state index in [0.29, 0.717) is 19.8 Å². The van der Waals surface area contributed by atoms with Gasteiger partial charge in [0, 0.05) is 0 Å². The van der Waals surface area contributed by atoms with E-state index in [2.05, 4.69) is 104 Å². The van der Waals surface area contributed by atoms with E-state index in [1.807, 2.05) is 6.07 Å². The minimum atomic E-state index is -0.216. The van der Waals surface area contributed by atoms with Crippen molar-refractivity contribution in [3.8, 4) is 0 Å². The molecular weight excluding hydrogens is 743 g/mol. The summed E-state index contributed by atoms with van der Waals surface area (Å²) in [5.74, 6) is 2.25. The first-order valence-electron chi connectivity index (χ1n) is 16.9. The molecule has 0 aliphatic rings. The Morgan fingerprint density at radius 3 is 1.00 bits per heavy atom. The number of carbonyl (C=O) groups is 3. The van der Waals surface area contributed by atoms with Crippen molar-refractivity contribution in [3.05, 3.63) is 30.3 Å². The molecule has 267 valence electrons. The molecule has 0 aliphatic heterocycles. The summed E-state index contributed by atoms with van der Waals surface area (Å²) >= 11 is 12.9. The van der Waals surface area contributed by atoms with E-state index >= 15 is 0 Å². The van der Waals surface area contributed by atoms with Gasteiger partial charge in [-0.25, -0.2) is 0 Å². The van der Waals surface area contributed by atoms with Crippen molar-refractivity contribution in [2.45, 2.75) is 119 Å². The number of esters is 3. The Morgan fingerprint density at radius 1 is 0.522 bits per heavy atom. The Morgan fingerprint density at radius 2 is 0.804 bits per heavy atom. The third-order valence-electron chi connectivity index (χ3n) is 6.23. The van der Waals surface area contributed by atoms with Crippen LogP contribution in [0.15, 0.2) is 30.3 Å². The zero-order chi connectivity index (χ0) is 35.4. The first-order valence-corrected chi connectivity index (χ1v) is 20.3. The van der Waals surface area contributed by atoms with E-state index in [1.165, 1.54) is 64.6 Å². The molecule has 0 heterocycles. The molecule has 0 unspecified atom stereocenters. The summed E-state index contributed by atoms with van der Waals surface area (Å²) in [5, 5.41) is 0. The molecule has 3 radical (unpaired) electrons.